The molecule has 3 aliphatic carbocycles. The molecule has 0 radical (unpaired) electrons. The average molecular weight is 515 g/mol. The van der Waals surface area contributed by atoms with Crippen molar-refractivity contribution in [1.29, 1.82) is 0 Å². The van der Waals surface area contributed by atoms with Crippen molar-refractivity contribution in [2.75, 3.05) is 6.61 Å². The quantitative estimate of drug-likeness (QED) is 0.255. The molecule has 0 amide bonds. The van der Waals surface area contributed by atoms with E-state index in [9.17, 15) is 9.50 Å². The fraction of sp³-hybridized carbons (Fsp3) is 0.484. The molecular formula is C31H37F3O3. The van der Waals surface area contributed by atoms with Gasteiger partial charge in [0.15, 0.2) is 17.4 Å². The molecule has 0 aliphatic heterocycles. The fourth-order valence-corrected chi connectivity index (χ4v) is 5.38. The zero-order valence-corrected chi connectivity index (χ0v) is 21.5. The van der Waals surface area contributed by atoms with Crippen LogP contribution in [0, 0.1) is 23.6 Å². The first-order valence-electron chi connectivity index (χ1n) is 13.3. The lowest BCUT2D eigenvalue weighted by Gasteiger charge is -2.32. The molecule has 0 aromatic heterocycles. The van der Waals surface area contributed by atoms with Crippen LogP contribution in [0.25, 0.3) is 0 Å². The smallest absolute Gasteiger partial charge is 0.165 e. The minimum Gasteiger partial charge on any atom is -0.490 e. The summed E-state index contributed by atoms with van der Waals surface area (Å²) < 4.78 is 55.9. The summed E-state index contributed by atoms with van der Waals surface area (Å²) in [6.07, 6.45) is 13.5. The Bertz CT molecular complexity index is 1080. The molecule has 200 valence electrons. The highest BCUT2D eigenvalue weighted by Gasteiger charge is 2.33. The maximum Gasteiger partial charge on any atom is 0.165 e. The van der Waals surface area contributed by atoms with Gasteiger partial charge in [-0.25, -0.2) is 13.2 Å². The van der Waals surface area contributed by atoms with Crippen molar-refractivity contribution in [2.24, 2.45) is 17.8 Å². The van der Waals surface area contributed by atoms with E-state index in [0.29, 0.717) is 38.0 Å². The van der Waals surface area contributed by atoms with E-state index in [-0.39, 0.29) is 23.7 Å². The fourth-order valence-electron chi connectivity index (χ4n) is 5.38. The summed E-state index contributed by atoms with van der Waals surface area (Å²) in [7, 11) is 0. The molecule has 1 fully saturated rings. The van der Waals surface area contributed by atoms with Gasteiger partial charge in [0.2, 0.25) is 0 Å². The second-order valence-corrected chi connectivity index (χ2v) is 10.3. The largest absolute Gasteiger partial charge is 0.490 e. The lowest BCUT2D eigenvalue weighted by Crippen LogP contribution is -2.24. The standard InChI is InChI=1S/C31H37F3O3/c1-3-4-17-36-29-16-5-21(18-28(29)32)19-37-25-12-10-24(11-13-25)27-15-14-26(30(33)31(27)34)23-8-6-22(7-9-23)20(2)35/h3,5-6,8-9,15-16,18,20,22,24-26,35H,1,4,7,10-14,17,19H2,2H3. The zero-order chi connectivity index (χ0) is 26.4. The second kappa shape index (κ2) is 12.8. The van der Waals surface area contributed by atoms with Crippen molar-refractivity contribution < 1.29 is 27.8 Å². The number of hydrogen-bond donors (Lipinski definition) is 1. The molecule has 1 aromatic carbocycles. The predicted molar refractivity (Wildman–Crippen MR) is 140 cm³/mol. The number of benzene rings is 1. The number of aliphatic hydroxyl groups is 1. The van der Waals surface area contributed by atoms with E-state index in [1.54, 1.807) is 25.1 Å². The molecular weight excluding hydrogens is 477 g/mol. The van der Waals surface area contributed by atoms with Gasteiger partial charge in [0.1, 0.15) is 5.83 Å². The highest BCUT2D eigenvalue weighted by atomic mass is 19.2. The van der Waals surface area contributed by atoms with Crippen LogP contribution in [0.4, 0.5) is 13.2 Å². The van der Waals surface area contributed by atoms with Gasteiger partial charge in [0.05, 0.1) is 25.4 Å². The van der Waals surface area contributed by atoms with Gasteiger partial charge in [-0.3, -0.25) is 0 Å². The van der Waals surface area contributed by atoms with Crippen LogP contribution in [0.5, 0.6) is 5.75 Å². The molecule has 6 heteroatoms. The highest BCUT2D eigenvalue weighted by Crippen LogP contribution is 2.44. The molecule has 0 heterocycles. The van der Waals surface area contributed by atoms with Gasteiger partial charge < -0.3 is 14.6 Å². The van der Waals surface area contributed by atoms with E-state index in [2.05, 4.69) is 6.58 Å². The van der Waals surface area contributed by atoms with E-state index < -0.39 is 29.5 Å². The summed E-state index contributed by atoms with van der Waals surface area (Å²) in [6.45, 7) is 6.04. The third-order valence-corrected chi connectivity index (χ3v) is 7.70. The second-order valence-electron chi connectivity index (χ2n) is 10.3. The molecule has 4 rings (SSSR count). The normalized spacial score (nSPS) is 26.9. The molecule has 37 heavy (non-hydrogen) atoms. The summed E-state index contributed by atoms with van der Waals surface area (Å²) in [4.78, 5) is 0. The van der Waals surface area contributed by atoms with Gasteiger partial charge in [0.25, 0.3) is 0 Å². The van der Waals surface area contributed by atoms with Crippen LogP contribution < -0.4 is 4.74 Å². The van der Waals surface area contributed by atoms with E-state index >= 15 is 8.78 Å². The Labute approximate surface area is 218 Å². The van der Waals surface area contributed by atoms with Gasteiger partial charge >= 0.3 is 0 Å². The van der Waals surface area contributed by atoms with Gasteiger partial charge in [-0.15, -0.1) is 6.58 Å². The summed E-state index contributed by atoms with van der Waals surface area (Å²) >= 11 is 0. The molecule has 3 unspecified atom stereocenters. The van der Waals surface area contributed by atoms with Crippen molar-refractivity contribution in [3.05, 3.63) is 89.3 Å². The van der Waals surface area contributed by atoms with Crippen LogP contribution in [0.2, 0.25) is 0 Å². The van der Waals surface area contributed by atoms with Crippen LogP contribution in [-0.4, -0.2) is 23.9 Å². The summed E-state index contributed by atoms with van der Waals surface area (Å²) in [5.74, 6) is -2.17. The van der Waals surface area contributed by atoms with Crippen molar-refractivity contribution >= 4 is 0 Å². The minimum absolute atomic E-state index is 0.0102. The maximum absolute atomic E-state index is 15.1. The van der Waals surface area contributed by atoms with Crippen LogP contribution in [0.1, 0.15) is 57.4 Å². The van der Waals surface area contributed by atoms with Gasteiger partial charge in [-0.2, -0.15) is 0 Å². The highest BCUT2D eigenvalue weighted by molar-refractivity contribution is 5.41. The molecule has 3 atom stereocenters. The number of aliphatic hydroxyl groups excluding tert-OH is 1. The third kappa shape index (κ3) is 6.85. The summed E-state index contributed by atoms with van der Waals surface area (Å²) in [6, 6.07) is 4.85. The number of halogens is 3. The zero-order valence-electron chi connectivity index (χ0n) is 21.5. The monoisotopic (exact) mass is 514 g/mol. The summed E-state index contributed by atoms with van der Waals surface area (Å²) in [5.41, 5.74) is 2.01. The lowest BCUT2D eigenvalue weighted by atomic mass is 9.77. The number of hydrogen-bond acceptors (Lipinski definition) is 3. The molecule has 0 spiro atoms. The van der Waals surface area contributed by atoms with Crippen LogP contribution >= 0.6 is 0 Å². The Morgan fingerprint density at radius 3 is 2.54 bits per heavy atom. The third-order valence-electron chi connectivity index (χ3n) is 7.70. The molecule has 1 saturated carbocycles. The predicted octanol–water partition coefficient (Wildman–Crippen LogP) is 7.84. The summed E-state index contributed by atoms with van der Waals surface area (Å²) in [5, 5.41) is 9.75. The number of ether oxygens (including phenoxy) is 2. The Hall–Kier alpha value is -2.57. The minimum atomic E-state index is -0.710. The first-order chi connectivity index (χ1) is 17.9. The lowest BCUT2D eigenvalue weighted by molar-refractivity contribution is 0.00993. The van der Waals surface area contributed by atoms with E-state index in [0.717, 1.165) is 36.8 Å². The molecule has 1 N–H and O–H groups in total. The molecule has 3 aliphatic rings. The average Bonchev–Trinajstić information content (AvgIpc) is 2.91. The van der Waals surface area contributed by atoms with Crippen LogP contribution in [-0.2, 0) is 11.3 Å². The van der Waals surface area contributed by atoms with Gasteiger partial charge in [-0.05, 0) is 86.6 Å². The number of allylic oxidation sites excluding steroid dienone is 7. The van der Waals surface area contributed by atoms with E-state index in [4.69, 9.17) is 9.47 Å². The Balaban J connectivity index is 1.26. The SMILES string of the molecule is C=CCCOc1ccc(COC2CCC(C3=CCC(C4=CCC(C(C)O)C=C4)C(F)=C3F)CC2)cc1F. The Morgan fingerprint density at radius 1 is 1.11 bits per heavy atom. The van der Waals surface area contributed by atoms with Crippen molar-refractivity contribution in [2.45, 2.75) is 70.7 Å². The van der Waals surface area contributed by atoms with Gasteiger partial charge in [0, 0.05) is 11.8 Å². The van der Waals surface area contributed by atoms with E-state index in [1.807, 2.05) is 24.3 Å². The first kappa shape index (κ1) is 27.5. The first-order valence-corrected chi connectivity index (χ1v) is 13.3. The van der Waals surface area contributed by atoms with Crippen molar-refractivity contribution in [3.63, 3.8) is 0 Å². The van der Waals surface area contributed by atoms with E-state index in [1.165, 1.54) is 6.07 Å². The van der Waals surface area contributed by atoms with Crippen LogP contribution in [0.15, 0.2) is 78.0 Å². The molecule has 3 nitrogen and oxygen atoms in total. The van der Waals surface area contributed by atoms with Gasteiger partial charge in [-0.1, -0.05) is 36.4 Å². The van der Waals surface area contributed by atoms with Crippen LogP contribution in [0.3, 0.4) is 0 Å². The van der Waals surface area contributed by atoms with Crippen molar-refractivity contribution in [1.82, 2.24) is 0 Å². The Morgan fingerprint density at radius 2 is 1.89 bits per heavy atom. The van der Waals surface area contributed by atoms with Crippen molar-refractivity contribution in [3.8, 4) is 5.75 Å². The molecule has 0 saturated heterocycles. The molecule has 1 aromatic rings. The molecule has 0 bridgehead atoms. The number of rotatable bonds is 10. The maximum atomic E-state index is 15.1. The Kier molecular flexibility index (Phi) is 9.49. The topological polar surface area (TPSA) is 38.7 Å².